The Bertz CT molecular complexity index is 3630. The summed E-state index contributed by atoms with van der Waals surface area (Å²) in [5.41, 5.74) is 14.5. The smallest absolute Gasteiger partial charge is 0.136 e. The topological polar surface area (TPSA) is 16.4 Å². The molecule has 0 atom stereocenters. The van der Waals surface area contributed by atoms with Crippen LogP contribution >= 0.6 is 0 Å². The van der Waals surface area contributed by atoms with Crippen molar-refractivity contribution in [2.24, 2.45) is 0 Å². The van der Waals surface area contributed by atoms with Crippen molar-refractivity contribution in [1.29, 1.82) is 0 Å². The maximum absolute atomic E-state index is 6.29. The van der Waals surface area contributed by atoms with E-state index in [-0.39, 0.29) is 0 Å². The van der Waals surface area contributed by atoms with Crippen LogP contribution in [0, 0.1) is 0 Å². The second-order valence-corrected chi connectivity index (χ2v) is 16.0. The van der Waals surface area contributed by atoms with Gasteiger partial charge < -0.3 is 9.32 Å². The van der Waals surface area contributed by atoms with Crippen molar-refractivity contribution in [3.05, 3.63) is 237 Å². The first-order valence-electron chi connectivity index (χ1n) is 21.2. The third-order valence-corrected chi connectivity index (χ3v) is 12.5. The van der Waals surface area contributed by atoms with Gasteiger partial charge in [0.25, 0.3) is 0 Å². The van der Waals surface area contributed by atoms with Crippen LogP contribution in [0.5, 0.6) is 0 Å². The summed E-state index contributed by atoms with van der Waals surface area (Å²) in [4.78, 5) is 2.42. The van der Waals surface area contributed by atoms with Crippen molar-refractivity contribution in [3.63, 3.8) is 0 Å². The Hall–Kier alpha value is -8.20. The van der Waals surface area contributed by atoms with Crippen LogP contribution in [0.2, 0.25) is 0 Å². The largest absolute Gasteiger partial charge is 0.456 e. The molecule has 12 aromatic rings. The number of rotatable bonds is 7. The Kier molecular flexibility index (Phi) is 8.53. The van der Waals surface area contributed by atoms with Gasteiger partial charge in [0.15, 0.2) is 0 Å². The highest BCUT2D eigenvalue weighted by Gasteiger charge is 2.20. The van der Waals surface area contributed by atoms with Crippen molar-refractivity contribution in [2.45, 2.75) is 0 Å². The van der Waals surface area contributed by atoms with E-state index in [0.717, 1.165) is 61.3 Å². The standard InChI is InChI=1S/C60H39NO/c1-3-18-48-41(13-1)15-10-22-49(48)43-31-29-40(30-32-43)45-16-9-17-47(39-45)61(46-36-33-44(34-37-46)51-23-12-28-59-60(51)56-21-6-8-27-58(56)62-59)57-26-7-5-20-55(57)53-25-11-24-52-50-19-4-2-14-42(50)35-38-54(52)53/h1-39H. The minimum absolute atomic E-state index is 0.896. The van der Waals surface area contributed by atoms with Crippen molar-refractivity contribution in [3.8, 4) is 44.5 Å². The van der Waals surface area contributed by atoms with Gasteiger partial charge in [0.05, 0.1) is 5.69 Å². The summed E-state index contributed by atoms with van der Waals surface area (Å²) in [6.45, 7) is 0. The number of para-hydroxylation sites is 2. The van der Waals surface area contributed by atoms with E-state index in [4.69, 9.17) is 4.42 Å². The lowest BCUT2D eigenvalue weighted by Crippen LogP contribution is -2.11. The second kappa shape index (κ2) is 14.8. The summed E-state index contributed by atoms with van der Waals surface area (Å²) in [6, 6.07) is 85.6. The van der Waals surface area contributed by atoms with E-state index in [1.807, 2.05) is 12.1 Å². The molecule has 0 fully saturated rings. The van der Waals surface area contributed by atoms with Crippen LogP contribution < -0.4 is 4.90 Å². The van der Waals surface area contributed by atoms with Crippen LogP contribution in [0.25, 0.3) is 98.8 Å². The highest BCUT2D eigenvalue weighted by molar-refractivity contribution is 6.14. The van der Waals surface area contributed by atoms with Gasteiger partial charge >= 0.3 is 0 Å². The molecule has 0 unspecified atom stereocenters. The number of hydrogen-bond donors (Lipinski definition) is 0. The molecule has 12 rings (SSSR count). The fourth-order valence-electron chi connectivity index (χ4n) is 9.55. The average Bonchev–Trinajstić information content (AvgIpc) is 3.73. The van der Waals surface area contributed by atoms with Crippen LogP contribution in [0.4, 0.5) is 17.1 Å². The molecule has 1 aromatic heterocycles. The Morgan fingerprint density at radius 3 is 1.71 bits per heavy atom. The molecule has 0 N–H and O–H groups in total. The number of benzene rings is 11. The van der Waals surface area contributed by atoms with E-state index in [1.165, 1.54) is 54.6 Å². The number of anilines is 3. The van der Waals surface area contributed by atoms with Gasteiger partial charge in [-0.05, 0) is 114 Å². The molecule has 0 radical (unpaired) electrons. The van der Waals surface area contributed by atoms with Crippen molar-refractivity contribution in [1.82, 2.24) is 0 Å². The predicted molar refractivity (Wildman–Crippen MR) is 263 cm³/mol. The van der Waals surface area contributed by atoms with E-state index in [9.17, 15) is 0 Å². The van der Waals surface area contributed by atoms with Gasteiger partial charge in [-0.3, -0.25) is 0 Å². The third kappa shape index (κ3) is 6.04. The molecule has 0 saturated carbocycles. The van der Waals surface area contributed by atoms with Gasteiger partial charge in [0, 0.05) is 27.7 Å². The molecule has 290 valence electrons. The van der Waals surface area contributed by atoms with Gasteiger partial charge in [-0.25, -0.2) is 0 Å². The van der Waals surface area contributed by atoms with Crippen molar-refractivity contribution in [2.75, 3.05) is 4.90 Å². The molecule has 0 saturated heterocycles. The van der Waals surface area contributed by atoms with Crippen LogP contribution in [-0.2, 0) is 0 Å². The normalized spacial score (nSPS) is 11.5. The summed E-state index contributed by atoms with van der Waals surface area (Å²) in [5.74, 6) is 0. The van der Waals surface area contributed by atoms with Crippen LogP contribution in [0.3, 0.4) is 0 Å². The Morgan fingerprint density at radius 2 is 0.839 bits per heavy atom. The van der Waals surface area contributed by atoms with Crippen LogP contribution in [-0.4, -0.2) is 0 Å². The second-order valence-electron chi connectivity index (χ2n) is 16.0. The summed E-state index contributed by atoms with van der Waals surface area (Å²) in [6.07, 6.45) is 0. The molecule has 2 nitrogen and oxygen atoms in total. The van der Waals surface area contributed by atoms with E-state index >= 15 is 0 Å². The minimum Gasteiger partial charge on any atom is -0.456 e. The zero-order valence-corrected chi connectivity index (χ0v) is 33.9. The molecule has 11 aromatic carbocycles. The summed E-state index contributed by atoms with van der Waals surface area (Å²) in [5, 5.41) is 9.77. The fourth-order valence-corrected chi connectivity index (χ4v) is 9.55. The van der Waals surface area contributed by atoms with Crippen molar-refractivity contribution >= 4 is 71.3 Å². The quantitative estimate of drug-likeness (QED) is 0.150. The average molecular weight is 790 g/mol. The molecule has 62 heavy (non-hydrogen) atoms. The summed E-state index contributed by atoms with van der Waals surface area (Å²) in [7, 11) is 0. The zero-order valence-electron chi connectivity index (χ0n) is 33.9. The van der Waals surface area contributed by atoms with Gasteiger partial charge in [-0.2, -0.15) is 0 Å². The Balaban J connectivity index is 1.00. The maximum Gasteiger partial charge on any atom is 0.136 e. The minimum atomic E-state index is 0.896. The van der Waals surface area contributed by atoms with E-state index < -0.39 is 0 Å². The molecular formula is C60H39NO. The monoisotopic (exact) mass is 789 g/mol. The third-order valence-electron chi connectivity index (χ3n) is 12.5. The van der Waals surface area contributed by atoms with E-state index in [0.29, 0.717) is 0 Å². The lowest BCUT2D eigenvalue weighted by molar-refractivity contribution is 0.669. The summed E-state index contributed by atoms with van der Waals surface area (Å²) < 4.78 is 6.29. The molecule has 0 aliphatic heterocycles. The lowest BCUT2D eigenvalue weighted by atomic mass is 9.93. The maximum atomic E-state index is 6.29. The first-order valence-corrected chi connectivity index (χ1v) is 21.2. The molecule has 0 bridgehead atoms. The molecule has 0 amide bonds. The van der Waals surface area contributed by atoms with Gasteiger partial charge in [0.2, 0.25) is 0 Å². The molecule has 2 heteroatoms. The first kappa shape index (κ1) is 35.7. The number of hydrogen-bond acceptors (Lipinski definition) is 2. The highest BCUT2D eigenvalue weighted by Crippen LogP contribution is 2.45. The molecule has 0 spiro atoms. The van der Waals surface area contributed by atoms with E-state index in [1.54, 1.807) is 0 Å². The number of furan rings is 1. The molecule has 1 heterocycles. The SMILES string of the molecule is c1cc(-c2ccc(-c3cccc4ccccc34)cc2)cc(N(c2ccc(-c3cccc4oc5ccccc5c34)cc2)c2ccccc2-c2cccc3c2ccc2ccccc23)c1. The Labute approximate surface area is 360 Å². The summed E-state index contributed by atoms with van der Waals surface area (Å²) >= 11 is 0. The zero-order chi connectivity index (χ0) is 41.0. The first-order chi connectivity index (χ1) is 30.7. The Morgan fingerprint density at radius 1 is 0.274 bits per heavy atom. The van der Waals surface area contributed by atoms with Gasteiger partial charge in [-0.1, -0.05) is 194 Å². The van der Waals surface area contributed by atoms with Gasteiger partial charge in [0.1, 0.15) is 11.2 Å². The van der Waals surface area contributed by atoms with Gasteiger partial charge in [-0.15, -0.1) is 0 Å². The molecule has 0 aliphatic carbocycles. The molecular weight excluding hydrogens is 751 g/mol. The number of nitrogens with zero attached hydrogens (tertiary/aromatic N) is 1. The van der Waals surface area contributed by atoms with Crippen LogP contribution in [0.1, 0.15) is 0 Å². The van der Waals surface area contributed by atoms with E-state index in [2.05, 4.69) is 229 Å². The van der Waals surface area contributed by atoms with Crippen molar-refractivity contribution < 1.29 is 4.42 Å². The molecule has 0 aliphatic rings. The predicted octanol–water partition coefficient (Wildman–Crippen LogP) is 17.2. The lowest BCUT2D eigenvalue weighted by Gasteiger charge is -2.29. The fraction of sp³-hybridized carbons (Fsp3) is 0. The number of fused-ring (bicyclic) bond motifs is 7. The highest BCUT2D eigenvalue weighted by atomic mass is 16.3. The van der Waals surface area contributed by atoms with Crippen LogP contribution in [0.15, 0.2) is 241 Å².